The fourth-order valence-corrected chi connectivity index (χ4v) is 2.82. The van der Waals surface area contributed by atoms with Crippen LogP contribution in [0.2, 0.25) is 4.34 Å². The predicted molar refractivity (Wildman–Crippen MR) is 82.4 cm³/mol. The van der Waals surface area contributed by atoms with Gasteiger partial charge >= 0.3 is 0 Å². The maximum Gasteiger partial charge on any atom is 0.240 e. The maximum absolute atomic E-state index is 12.4. The second-order valence-electron chi connectivity index (χ2n) is 4.62. The van der Waals surface area contributed by atoms with Crippen molar-refractivity contribution in [1.82, 2.24) is 4.90 Å². The van der Waals surface area contributed by atoms with Crippen molar-refractivity contribution < 1.29 is 4.79 Å². The van der Waals surface area contributed by atoms with Crippen molar-refractivity contribution in [3.05, 3.63) is 34.0 Å². The number of hydrogen-bond donors (Lipinski definition) is 1. The van der Waals surface area contributed by atoms with Crippen LogP contribution in [0.25, 0.3) is 0 Å². The first-order chi connectivity index (χ1) is 8.99. The first-order valence-corrected chi connectivity index (χ1v) is 7.58. The second-order valence-corrected chi connectivity index (χ2v) is 6.42. The van der Waals surface area contributed by atoms with E-state index in [-0.39, 0.29) is 11.8 Å². The summed E-state index contributed by atoms with van der Waals surface area (Å²) in [4.78, 5) is 15.1. The molecule has 5 heteroatoms. The molecule has 1 heterocycles. The van der Waals surface area contributed by atoms with Crippen molar-refractivity contribution in [3.63, 3.8) is 0 Å². The molecule has 19 heavy (non-hydrogen) atoms. The lowest BCUT2D eigenvalue weighted by atomic mass is 9.99. The number of halogens is 1. The molecule has 1 aromatic rings. The highest BCUT2D eigenvalue weighted by molar-refractivity contribution is 7.16. The molecule has 0 aliphatic heterocycles. The average molecular weight is 301 g/mol. The van der Waals surface area contributed by atoms with Gasteiger partial charge in [-0.05, 0) is 18.1 Å². The van der Waals surface area contributed by atoms with E-state index in [1.54, 1.807) is 11.0 Å². The second kappa shape index (κ2) is 7.68. The summed E-state index contributed by atoms with van der Waals surface area (Å²) in [6.07, 6.45) is 2.61. The Morgan fingerprint density at radius 1 is 1.63 bits per heavy atom. The molecule has 1 aromatic heterocycles. The molecule has 1 amide bonds. The first kappa shape index (κ1) is 16.2. The Labute approximate surface area is 124 Å². The van der Waals surface area contributed by atoms with Crippen LogP contribution < -0.4 is 5.73 Å². The molecule has 1 rings (SSSR count). The molecule has 2 N–H and O–H groups in total. The molecule has 0 saturated heterocycles. The molecule has 2 atom stereocenters. The van der Waals surface area contributed by atoms with Gasteiger partial charge in [0.25, 0.3) is 0 Å². The van der Waals surface area contributed by atoms with Crippen LogP contribution in [0.4, 0.5) is 0 Å². The van der Waals surface area contributed by atoms with Gasteiger partial charge in [0.15, 0.2) is 0 Å². The van der Waals surface area contributed by atoms with Crippen molar-refractivity contribution >= 4 is 28.8 Å². The molecule has 106 valence electrons. The fourth-order valence-electron chi connectivity index (χ4n) is 1.72. The van der Waals surface area contributed by atoms with Crippen LogP contribution in [0.5, 0.6) is 0 Å². The molecular weight excluding hydrogens is 280 g/mol. The minimum absolute atomic E-state index is 0.0289. The van der Waals surface area contributed by atoms with Gasteiger partial charge < -0.3 is 10.6 Å². The summed E-state index contributed by atoms with van der Waals surface area (Å²) in [5, 5.41) is 0. The highest BCUT2D eigenvalue weighted by Crippen LogP contribution is 2.23. The van der Waals surface area contributed by atoms with E-state index in [0.29, 0.717) is 13.1 Å². The molecular formula is C14H21ClN2OS. The highest BCUT2D eigenvalue weighted by Gasteiger charge is 2.24. The van der Waals surface area contributed by atoms with Crippen molar-refractivity contribution in [3.8, 4) is 0 Å². The van der Waals surface area contributed by atoms with Crippen LogP contribution in [0.1, 0.15) is 25.1 Å². The predicted octanol–water partition coefficient (Wildman–Crippen LogP) is 3.29. The van der Waals surface area contributed by atoms with Crippen molar-refractivity contribution in [1.29, 1.82) is 0 Å². The summed E-state index contributed by atoms with van der Waals surface area (Å²) in [6, 6.07) is 3.32. The quantitative estimate of drug-likeness (QED) is 0.785. The molecule has 2 unspecified atom stereocenters. The zero-order chi connectivity index (χ0) is 14.4. The van der Waals surface area contributed by atoms with E-state index >= 15 is 0 Å². The van der Waals surface area contributed by atoms with Crippen LogP contribution in [0.3, 0.4) is 0 Å². The third-order valence-corrected chi connectivity index (χ3v) is 4.39. The lowest BCUT2D eigenvalue weighted by Gasteiger charge is -2.26. The Morgan fingerprint density at radius 2 is 2.32 bits per heavy atom. The van der Waals surface area contributed by atoms with Crippen molar-refractivity contribution in [2.24, 2.45) is 11.7 Å². The van der Waals surface area contributed by atoms with Gasteiger partial charge in [0.2, 0.25) is 5.91 Å². The Kier molecular flexibility index (Phi) is 6.55. The van der Waals surface area contributed by atoms with E-state index in [0.717, 1.165) is 15.6 Å². The lowest BCUT2D eigenvalue weighted by Crippen LogP contribution is -2.46. The largest absolute Gasteiger partial charge is 0.332 e. The van der Waals surface area contributed by atoms with Gasteiger partial charge in [0.1, 0.15) is 0 Å². The summed E-state index contributed by atoms with van der Waals surface area (Å²) >= 11 is 7.39. The number of nitrogens with zero attached hydrogens (tertiary/aromatic N) is 1. The molecule has 0 aliphatic carbocycles. The highest BCUT2D eigenvalue weighted by atomic mass is 35.5. The summed E-state index contributed by atoms with van der Waals surface area (Å²) in [5.74, 6) is 0.144. The number of rotatable bonds is 7. The topological polar surface area (TPSA) is 46.3 Å². The Morgan fingerprint density at radius 3 is 2.79 bits per heavy atom. The lowest BCUT2D eigenvalue weighted by molar-refractivity contribution is -0.133. The first-order valence-electron chi connectivity index (χ1n) is 6.39. The number of hydrogen-bond acceptors (Lipinski definition) is 3. The standard InChI is InChI=1S/C14H21ClN2OS/c1-4-8-17(9-11-6-7-12(15)19-11)14(18)13(16)10(3)5-2/h4,6-7,10,13H,1,5,8-9,16H2,2-3H3. The van der Waals surface area contributed by atoms with Gasteiger partial charge in [-0.15, -0.1) is 17.9 Å². The monoisotopic (exact) mass is 300 g/mol. The van der Waals surface area contributed by atoms with E-state index < -0.39 is 6.04 Å². The zero-order valence-electron chi connectivity index (χ0n) is 11.4. The van der Waals surface area contributed by atoms with Gasteiger partial charge in [0.05, 0.1) is 16.9 Å². The van der Waals surface area contributed by atoms with Gasteiger partial charge in [-0.1, -0.05) is 37.9 Å². The van der Waals surface area contributed by atoms with Crippen molar-refractivity contribution in [2.45, 2.75) is 32.9 Å². The normalized spacial score (nSPS) is 13.9. The number of thiophene rings is 1. The third kappa shape index (κ3) is 4.64. The maximum atomic E-state index is 12.4. The minimum Gasteiger partial charge on any atom is -0.332 e. The fraction of sp³-hybridized carbons (Fsp3) is 0.500. The van der Waals surface area contributed by atoms with Gasteiger partial charge in [-0.2, -0.15) is 0 Å². The van der Waals surface area contributed by atoms with Crippen molar-refractivity contribution in [2.75, 3.05) is 6.54 Å². The zero-order valence-corrected chi connectivity index (χ0v) is 13.0. The average Bonchev–Trinajstić information content (AvgIpc) is 2.81. The summed E-state index contributed by atoms with van der Waals surface area (Å²) < 4.78 is 0.729. The Hall–Kier alpha value is -0.840. The summed E-state index contributed by atoms with van der Waals surface area (Å²) in [5.41, 5.74) is 6.01. The number of carbonyl (C=O) groups is 1. The van der Waals surface area contributed by atoms with E-state index in [1.165, 1.54) is 11.3 Å². The molecule has 0 radical (unpaired) electrons. The van der Waals surface area contributed by atoms with Gasteiger partial charge in [0, 0.05) is 11.4 Å². The minimum atomic E-state index is -0.458. The van der Waals surface area contributed by atoms with Crippen LogP contribution in [0.15, 0.2) is 24.8 Å². The van der Waals surface area contributed by atoms with Gasteiger partial charge in [-0.3, -0.25) is 4.79 Å². The molecule has 0 bridgehead atoms. The van der Waals surface area contributed by atoms with Crippen LogP contribution in [0, 0.1) is 5.92 Å². The molecule has 0 fully saturated rings. The summed E-state index contributed by atoms with van der Waals surface area (Å²) in [6.45, 7) is 8.76. The molecule has 0 aliphatic rings. The molecule has 3 nitrogen and oxygen atoms in total. The number of carbonyl (C=O) groups excluding carboxylic acids is 1. The number of nitrogens with two attached hydrogens (primary N) is 1. The Bertz CT molecular complexity index is 433. The molecule has 0 aromatic carbocycles. The van der Waals surface area contributed by atoms with E-state index in [9.17, 15) is 4.79 Å². The van der Waals surface area contributed by atoms with E-state index in [2.05, 4.69) is 6.58 Å². The molecule has 0 saturated carbocycles. The smallest absolute Gasteiger partial charge is 0.240 e. The van der Waals surface area contributed by atoms with Crippen LogP contribution in [-0.2, 0) is 11.3 Å². The van der Waals surface area contributed by atoms with Crippen LogP contribution in [-0.4, -0.2) is 23.4 Å². The number of amides is 1. The Balaban J connectivity index is 2.76. The van der Waals surface area contributed by atoms with Crippen LogP contribution >= 0.6 is 22.9 Å². The molecule has 0 spiro atoms. The van der Waals surface area contributed by atoms with Gasteiger partial charge in [-0.25, -0.2) is 0 Å². The third-order valence-electron chi connectivity index (χ3n) is 3.18. The SMILES string of the molecule is C=CCN(Cc1ccc(Cl)s1)C(=O)C(N)C(C)CC. The van der Waals surface area contributed by atoms with E-state index in [1.807, 2.05) is 26.0 Å². The summed E-state index contributed by atoms with van der Waals surface area (Å²) in [7, 11) is 0. The van der Waals surface area contributed by atoms with E-state index in [4.69, 9.17) is 17.3 Å².